The zero-order valence-electron chi connectivity index (χ0n) is 16.4. The summed E-state index contributed by atoms with van der Waals surface area (Å²) in [5.74, 6) is 0.698. The Balaban J connectivity index is 1.34. The van der Waals surface area contributed by atoms with Gasteiger partial charge >= 0.3 is 0 Å². The molecule has 29 heavy (non-hydrogen) atoms. The average molecular weight is 394 g/mol. The normalized spacial score (nSPS) is 19.4. The number of hydrogen-bond donors (Lipinski definition) is 1. The molecule has 0 spiro atoms. The minimum absolute atomic E-state index is 0.0116. The Hall–Kier alpha value is -2.86. The molecule has 0 aliphatic carbocycles. The number of phenols is 1. The maximum atomic E-state index is 12.9. The highest BCUT2D eigenvalue weighted by atomic mass is 16.5. The third-order valence-corrected chi connectivity index (χ3v) is 5.71. The number of morpholine rings is 1. The standard InChI is InChI=1S/C23H26N2O4/c26-21-7-1-17(2-8-21)15-18-9-10-25(16-18)23(28)20-5-3-19(4-6-20)22(27)24-11-13-29-14-12-24/h1-8,18,26H,9-16H2. The van der Waals surface area contributed by atoms with Crippen molar-refractivity contribution in [3.05, 3.63) is 65.2 Å². The van der Waals surface area contributed by atoms with Gasteiger partial charge in [-0.1, -0.05) is 12.1 Å². The quantitative estimate of drug-likeness (QED) is 0.865. The molecule has 2 fully saturated rings. The molecule has 2 heterocycles. The summed E-state index contributed by atoms with van der Waals surface area (Å²) in [5, 5.41) is 9.40. The van der Waals surface area contributed by atoms with Crippen LogP contribution in [0.5, 0.6) is 5.75 Å². The van der Waals surface area contributed by atoms with Crippen molar-refractivity contribution in [1.29, 1.82) is 0 Å². The third-order valence-electron chi connectivity index (χ3n) is 5.71. The van der Waals surface area contributed by atoms with E-state index in [9.17, 15) is 14.7 Å². The number of hydrogen-bond acceptors (Lipinski definition) is 4. The van der Waals surface area contributed by atoms with E-state index in [1.54, 1.807) is 41.3 Å². The first-order valence-corrected chi connectivity index (χ1v) is 10.1. The van der Waals surface area contributed by atoms with Gasteiger partial charge in [-0.2, -0.15) is 0 Å². The van der Waals surface area contributed by atoms with Crippen LogP contribution in [-0.4, -0.2) is 66.1 Å². The van der Waals surface area contributed by atoms with Crippen LogP contribution in [0.25, 0.3) is 0 Å². The Morgan fingerprint density at radius 3 is 2.07 bits per heavy atom. The van der Waals surface area contributed by atoms with Gasteiger partial charge in [0, 0.05) is 37.3 Å². The van der Waals surface area contributed by atoms with Gasteiger partial charge in [-0.3, -0.25) is 9.59 Å². The third kappa shape index (κ3) is 4.59. The molecule has 0 aromatic heterocycles. The maximum absolute atomic E-state index is 12.9. The molecule has 1 N–H and O–H groups in total. The SMILES string of the molecule is O=C(c1ccc(C(=O)N2CCC(Cc3ccc(O)cc3)C2)cc1)N1CCOCC1. The molecular weight excluding hydrogens is 368 g/mol. The van der Waals surface area contributed by atoms with Gasteiger partial charge in [-0.25, -0.2) is 0 Å². The number of nitrogens with zero attached hydrogens (tertiary/aromatic N) is 2. The van der Waals surface area contributed by atoms with Gasteiger partial charge in [0.1, 0.15) is 5.75 Å². The molecule has 1 atom stereocenters. The molecule has 152 valence electrons. The first-order valence-electron chi connectivity index (χ1n) is 10.1. The van der Waals surface area contributed by atoms with Gasteiger partial charge in [-0.05, 0) is 60.7 Å². The summed E-state index contributed by atoms with van der Waals surface area (Å²) in [4.78, 5) is 29.1. The highest BCUT2D eigenvalue weighted by molar-refractivity contribution is 5.98. The number of ether oxygens (including phenoxy) is 1. The van der Waals surface area contributed by atoms with E-state index in [4.69, 9.17) is 4.74 Å². The molecule has 0 radical (unpaired) electrons. The van der Waals surface area contributed by atoms with Gasteiger partial charge < -0.3 is 19.6 Å². The van der Waals surface area contributed by atoms with Crippen LogP contribution < -0.4 is 0 Å². The van der Waals surface area contributed by atoms with Crippen LogP contribution >= 0.6 is 0 Å². The predicted molar refractivity (Wildman–Crippen MR) is 109 cm³/mol. The molecule has 2 amide bonds. The van der Waals surface area contributed by atoms with Crippen molar-refractivity contribution in [2.45, 2.75) is 12.8 Å². The fraction of sp³-hybridized carbons (Fsp3) is 0.391. The van der Waals surface area contributed by atoms with Crippen LogP contribution in [0.2, 0.25) is 0 Å². The number of carbonyl (C=O) groups excluding carboxylic acids is 2. The Labute approximate surface area is 170 Å². The summed E-state index contributed by atoms with van der Waals surface area (Å²) in [5.41, 5.74) is 2.40. The molecule has 4 rings (SSSR count). The fourth-order valence-electron chi connectivity index (χ4n) is 4.04. The van der Waals surface area contributed by atoms with Gasteiger partial charge in [0.05, 0.1) is 13.2 Å². The second-order valence-corrected chi connectivity index (χ2v) is 7.76. The molecule has 2 aliphatic heterocycles. The van der Waals surface area contributed by atoms with Crippen LogP contribution in [0.4, 0.5) is 0 Å². The molecule has 1 unspecified atom stereocenters. The van der Waals surface area contributed by atoms with E-state index in [-0.39, 0.29) is 17.6 Å². The highest BCUT2D eigenvalue weighted by Crippen LogP contribution is 2.23. The molecule has 2 aromatic rings. The van der Waals surface area contributed by atoms with Crippen molar-refractivity contribution in [1.82, 2.24) is 9.80 Å². The number of amides is 2. The molecule has 0 saturated carbocycles. The fourth-order valence-corrected chi connectivity index (χ4v) is 4.04. The second-order valence-electron chi connectivity index (χ2n) is 7.76. The Morgan fingerprint density at radius 1 is 0.862 bits per heavy atom. The highest BCUT2D eigenvalue weighted by Gasteiger charge is 2.27. The summed E-state index contributed by atoms with van der Waals surface area (Å²) in [6, 6.07) is 14.3. The summed E-state index contributed by atoms with van der Waals surface area (Å²) >= 11 is 0. The molecule has 0 bridgehead atoms. The van der Waals surface area contributed by atoms with E-state index in [0.717, 1.165) is 25.9 Å². The van der Waals surface area contributed by atoms with Crippen molar-refractivity contribution in [2.24, 2.45) is 5.92 Å². The summed E-state index contributed by atoms with van der Waals surface area (Å²) in [7, 11) is 0. The van der Waals surface area contributed by atoms with E-state index in [2.05, 4.69) is 0 Å². The first-order chi connectivity index (χ1) is 14.1. The van der Waals surface area contributed by atoms with Gasteiger partial charge in [0.25, 0.3) is 11.8 Å². The lowest BCUT2D eigenvalue weighted by molar-refractivity contribution is 0.0303. The van der Waals surface area contributed by atoms with Gasteiger partial charge in [0.2, 0.25) is 0 Å². The zero-order valence-corrected chi connectivity index (χ0v) is 16.4. The van der Waals surface area contributed by atoms with Crippen molar-refractivity contribution in [2.75, 3.05) is 39.4 Å². The molecule has 2 saturated heterocycles. The maximum Gasteiger partial charge on any atom is 0.254 e. The molecule has 6 nitrogen and oxygen atoms in total. The van der Waals surface area contributed by atoms with Crippen LogP contribution in [0, 0.1) is 5.92 Å². The smallest absolute Gasteiger partial charge is 0.254 e. The number of phenolic OH excluding ortho intramolecular Hbond substituents is 1. The van der Waals surface area contributed by atoms with E-state index in [1.807, 2.05) is 17.0 Å². The van der Waals surface area contributed by atoms with Crippen LogP contribution in [0.15, 0.2) is 48.5 Å². The minimum Gasteiger partial charge on any atom is -0.508 e. The van der Waals surface area contributed by atoms with E-state index in [0.29, 0.717) is 43.3 Å². The first kappa shape index (κ1) is 19.5. The van der Waals surface area contributed by atoms with Crippen molar-refractivity contribution < 1.29 is 19.4 Å². The lowest BCUT2D eigenvalue weighted by Crippen LogP contribution is -2.40. The Kier molecular flexibility index (Phi) is 5.81. The number of benzene rings is 2. The number of aromatic hydroxyl groups is 1. The molecular formula is C23H26N2O4. The average Bonchev–Trinajstić information content (AvgIpc) is 3.23. The monoisotopic (exact) mass is 394 g/mol. The lowest BCUT2D eigenvalue weighted by atomic mass is 9.99. The minimum atomic E-state index is -0.0116. The summed E-state index contributed by atoms with van der Waals surface area (Å²) < 4.78 is 5.29. The van der Waals surface area contributed by atoms with Crippen molar-refractivity contribution in [3.8, 4) is 5.75 Å². The van der Waals surface area contributed by atoms with Crippen molar-refractivity contribution >= 4 is 11.8 Å². The Bertz CT molecular complexity index is 857. The van der Waals surface area contributed by atoms with Crippen LogP contribution in [-0.2, 0) is 11.2 Å². The molecule has 2 aliphatic rings. The largest absolute Gasteiger partial charge is 0.508 e. The Morgan fingerprint density at radius 2 is 1.45 bits per heavy atom. The van der Waals surface area contributed by atoms with Crippen molar-refractivity contribution in [3.63, 3.8) is 0 Å². The number of carbonyl (C=O) groups is 2. The zero-order chi connectivity index (χ0) is 20.2. The number of likely N-dealkylation sites (tertiary alicyclic amines) is 1. The van der Waals surface area contributed by atoms with Crippen LogP contribution in [0.1, 0.15) is 32.7 Å². The lowest BCUT2D eigenvalue weighted by Gasteiger charge is -2.27. The van der Waals surface area contributed by atoms with Gasteiger partial charge in [0.15, 0.2) is 0 Å². The topological polar surface area (TPSA) is 70.1 Å². The number of rotatable bonds is 4. The predicted octanol–water partition coefficient (Wildman–Crippen LogP) is 2.57. The molecule has 2 aromatic carbocycles. The molecule has 6 heteroatoms. The van der Waals surface area contributed by atoms with Crippen LogP contribution in [0.3, 0.4) is 0 Å². The van der Waals surface area contributed by atoms with E-state index in [1.165, 1.54) is 5.56 Å². The van der Waals surface area contributed by atoms with E-state index < -0.39 is 0 Å². The van der Waals surface area contributed by atoms with Gasteiger partial charge in [-0.15, -0.1) is 0 Å². The summed E-state index contributed by atoms with van der Waals surface area (Å²) in [6.45, 7) is 3.83. The summed E-state index contributed by atoms with van der Waals surface area (Å²) in [6.07, 6.45) is 1.87. The van der Waals surface area contributed by atoms with E-state index >= 15 is 0 Å². The second kappa shape index (κ2) is 8.66.